The number of ether oxygens (including phenoxy) is 1. The summed E-state index contributed by atoms with van der Waals surface area (Å²) in [4.78, 5) is 14.2. The van der Waals surface area contributed by atoms with Crippen LogP contribution in [0.15, 0.2) is 47.4 Å². The summed E-state index contributed by atoms with van der Waals surface area (Å²) < 4.78 is 33.0. The smallest absolute Gasteiger partial charge is 0.282 e. The maximum absolute atomic E-state index is 13.1. The quantitative estimate of drug-likeness (QED) is 0.720. The molecule has 30 heavy (non-hydrogen) atoms. The van der Waals surface area contributed by atoms with Crippen molar-refractivity contribution in [1.29, 1.82) is 0 Å². The second-order valence-corrected chi connectivity index (χ2v) is 9.65. The van der Waals surface area contributed by atoms with Crippen LogP contribution in [0.25, 0.3) is 0 Å². The minimum atomic E-state index is -3.54. The highest BCUT2D eigenvalue weighted by molar-refractivity contribution is 7.89. The third-order valence-corrected chi connectivity index (χ3v) is 7.74. The predicted molar refractivity (Wildman–Crippen MR) is 116 cm³/mol. The highest BCUT2D eigenvalue weighted by Gasteiger charge is 2.35. The van der Waals surface area contributed by atoms with Gasteiger partial charge >= 0.3 is 0 Å². The first kappa shape index (κ1) is 22.3. The van der Waals surface area contributed by atoms with E-state index in [1.807, 2.05) is 45.0 Å². The molecule has 2 N–H and O–H groups in total. The van der Waals surface area contributed by atoms with Crippen LogP contribution in [0.4, 0.5) is 5.69 Å². The van der Waals surface area contributed by atoms with Crippen molar-refractivity contribution in [1.82, 2.24) is 4.31 Å². The number of benzene rings is 2. The molecule has 1 atom stereocenters. The van der Waals surface area contributed by atoms with Crippen molar-refractivity contribution < 1.29 is 22.8 Å². The number of carbonyl (C=O) groups is 1. The van der Waals surface area contributed by atoms with Gasteiger partial charge in [-0.05, 0) is 50.1 Å². The first-order valence-electron chi connectivity index (χ1n) is 10.1. The fourth-order valence-corrected chi connectivity index (χ4v) is 5.50. The Morgan fingerprint density at radius 2 is 1.80 bits per heavy atom. The van der Waals surface area contributed by atoms with Gasteiger partial charge in [-0.2, -0.15) is 4.31 Å². The second kappa shape index (κ2) is 9.16. The number of para-hydroxylation sites is 2. The maximum Gasteiger partial charge on any atom is 0.282 e. The zero-order valence-electron chi connectivity index (χ0n) is 17.9. The molecule has 3 rings (SSSR count). The number of amides is 1. The van der Waals surface area contributed by atoms with E-state index in [1.54, 1.807) is 25.3 Å². The van der Waals surface area contributed by atoms with Crippen molar-refractivity contribution in [2.24, 2.45) is 0 Å². The fourth-order valence-electron chi connectivity index (χ4n) is 3.75. The summed E-state index contributed by atoms with van der Waals surface area (Å²) in [5.41, 5.74) is 2.30. The first-order valence-corrected chi connectivity index (χ1v) is 11.5. The number of nitrogens with zero attached hydrogens (tertiary/aromatic N) is 1. The lowest BCUT2D eigenvalue weighted by atomic mass is 10.2. The van der Waals surface area contributed by atoms with Gasteiger partial charge in [0.25, 0.3) is 5.91 Å². The van der Waals surface area contributed by atoms with Crippen molar-refractivity contribution in [3.8, 4) is 5.75 Å². The van der Waals surface area contributed by atoms with Gasteiger partial charge in [-0.15, -0.1) is 0 Å². The summed E-state index contributed by atoms with van der Waals surface area (Å²) >= 11 is 0. The summed E-state index contributed by atoms with van der Waals surface area (Å²) in [5, 5.41) is 2.92. The van der Waals surface area contributed by atoms with Crippen LogP contribution in [-0.4, -0.2) is 58.0 Å². The Labute approximate surface area is 178 Å². The molecule has 8 heteroatoms. The standard InChI is InChI=1S/C22H29N3O4S/c1-16-9-10-17(2)21(15-16)30(27,28)25-13-11-24(12-14-25)18(3)22(26)23-19-7-5-6-8-20(19)29-4/h5-10,15,18H,11-14H2,1-4H3,(H,23,26)/p+1/t18-/m0/s1. The summed E-state index contributed by atoms with van der Waals surface area (Å²) in [7, 11) is -1.97. The second-order valence-electron chi connectivity index (χ2n) is 7.74. The molecule has 0 saturated carbocycles. The van der Waals surface area contributed by atoms with E-state index in [4.69, 9.17) is 4.74 Å². The van der Waals surface area contributed by atoms with Crippen molar-refractivity contribution in [2.75, 3.05) is 38.6 Å². The number of sulfonamides is 1. The molecule has 0 radical (unpaired) electrons. The topological polar surface area (TPSA) is 80.2 Å². The molecule has 0 aromatic heterocycles. The minimum Gasteiger partial charge on any atom is -0.495 e. The summed E-state index contributed by atoms with van der Waals surface area (Å²) in [5.74, 6) is 0.498. The van der Waals surface area contributed by atoms with E-state index in [-0.39, 0.29) is 11.9 Å². The number of hydrogen-bond donors (Lipinski definition) is 2. The molecule has 162 valence electrons. The van der Waals surface area contributed by atoms with E-state index in [9.17, 15) is 13.2 Å². The third-order valence-electron chi connectivity index (χ3n) is 5.70. The van der Waals surface area contributed by atoms with Gasteiger partial charge in [-0.25, -0.2) is 8.42 Å². The Hall–Kier alpha value is -2.42. The number of methoxy groups -OCH3 is 1. The van der Waals surface area contributed by atoms with Crippen molar-refractivity contribution in [3.05, 3.63) is 53.6 Å². The predicted octanol–water partition coefficient (Wildman–Crippen LogP) is 1.23. The molecule has 1 aliphatic rings. The summed E-state index contributed by atoms with van der Waals surface area (Å²) in [6.07, 6.45) is 0. The van der Waals surface area contributed by atoms with Crippen LogP contribution >= 0.6 is 0 Å². The van der Waals surface area contributed by atoms with E-state index in [0.29, 0.717) is 42.5 Å². The molecule has 1 aliphatic heterocycles. The highest BCUT2D eigenvalue weighted by atomic mass is 32.2. The van der Waals surface area contributed by atoms with Gasteiger partial charge in [0.1, 0.15) is 5.75 Å². The number of nitrogens with one attached hydrogen (secondary N) is 2. The van der Waals surface area contributed by atoms with Crippen LogP contribution in [-0.2, 0) is 14.8 Å². The zero-order valence-corrected chi connectivity index (χ0v) is 18.8. The molecular weight excluding hydrogens is 402 g/mol. The van der Waals surface area contributed by atoms with Crippen molar-refractivity contribution in [3.63, 3.8) is 0 Å². The molecular formula is C22H30N3O4S+. The summed E-state index contributed by atoms with van der Waals surface area (Å²) in [6, 6.07) is 12.5. The van der Waals surface area contributed by atoms with Gasteiger partial charge in [-0.3, -0.25) is 4.79 Å². The normalized spacial score (nSPS) is 16.8. The molecule has 1 saturated heterocycles. The van der Waals surface area contributed by atoms with Crippen molar-refractivity contribution >= 4 is 21.6 Å². The lowest BCUT2D eigenvalue weighted by Crippen LogP contribution is -3.19. The molecule has 1 heterocycles. The Kier molecular flexibility index (Phi) is 6.80. The van der Waals surface area contributed by atoms with Crippen LogP contribution in [0, 0.1) is 13.8 Å². The highest BCUT2D eigenvalue weighted by Crippen LogP contribution is 2.23. The molecule has 7 nitrogen and oxygen atoms in total. The summed E-state index contributed by atoms with van der Waals surface area (Å²) in [6.45, 7) is 7.50. The van der Waals surface area contributed by atoms with Gasteiger partial charge in [0, 0.05) is 0 Å². The van der Waals surface area contributed by atoms with Gasteiger partial charge in [-0.1, -0.05) is 24.3 Å². The van der Waals surface area contributed by atoms with Crippen LogP contribution in [0.1, 0.15) is 18.1 Å². The number of quaternary nitrogens is 1. The Morgan fingerprint density at radius 1 is 1.13 bits per heavy atom. The fraction of sp³-hybridized carbons (Fsp3) is 0.409. The number of piperazine rings is 1. The van der Waals surface area contributed by atoms with Gasteiger partial charge in [0.15, 0.2) is 6.04 Å². The number of anilines is 1. The molecule has 0 bridgehead atoms. The SMILES string of the molecule is COc1ccccc1NC(=O)[C@H](C)[NH+]1CCN(S(=O)(=O)c2cc(C)ccc2C)CC1. The third kappa shape index (κ3) is 4.66. The van der Waals surface area contributed by atoms with Gasteiger partial charge in [0.2, 0.25) is 10.0 Å². The zero-order chi connectivity index (χ0) is 21.9. The number of aryl methyl sites for hydroxylation is 2. The van der Waals surface area contributed by atoms with Crippen LogP contribution in [0.2, 0.25) is 0 Å². The van der Waals surface area contributed by atoms with Crippen LogP contribution in [0.5, 0.6) is 5.75 Å². The van der Waals surface area contributed by atoms with E-state index in [2.05, 4.69) is 5.32 Å². The molecule has 2 aromatic rings. The Balaban J connectivity index is 1.64. The van der Waals surface area contributed by atoms with Crippen molar-refractivity contribution in [2.45, 2.75) is 31.7 Å². The number of carbonyl (C=O) groups excluding carboxylic acids is 1. The molecule has 0 unspecified atom stereocenters. The lowest BCUT2D eigenvalue weighted by molar-refractivity contribution is -0.917. The van der Waals surface area contributed by atoms with E-state index >= 15 is 0 Å². The molecule has 1 amide bonds. The molecule has 0 aliphatic carbocycles. The number of hydrogen-bond acceptors (Lipinski definition) is 4. The van der Waals surface area contributed by atoms with E-state index in [0.717, 1.165) is 16.0 Å². The Morgan fingerprint density at radius 3 is 2.47 bits per heavy atom. The first-order chi connectivity index (χ1) is 14.2. The van der Waals surface area contributed by atoms with Crippen LogP contribution in [0.3, 0.4) is 0 Å². The van der Waals surface area contributed by atoms with Gasteiger partial charge in [0.05, 0.1) is 43.9 Å². The monoisotopic (exact) mass is 432 g/mol. The average molecular weight is 433 g/mol. The molecule has 0 spiro atoms. The van der Waals surface area contributed by atoms with Gasteiger partial charge < -0.3 is 15.0 Å². The van der Waals surface area contributed by atoms with E-state index in [1.165, 1.54) is 4.31 Å². The minimum absolute atomic E-state index is 0.111. The largest absolute Gasteiger partial charge is 0.495 e. The van der Waals surface area contributed by atoms with E-state index < -0.39 is 10.0 Å². The lowest BCUT2D eigenvalue weighted by Gasteiger charge is -2.34. The van der Waals surface area contributed by atoms with Crippen LogP contribution < -0.4 is 15.0 Å². The molecule has 1 fully saturated rings. The Bertz CT molecular complexity index is 1010. The average Bonchev–Trinajstić information content (AvgIpc) is 2.75. The maximum atomic E-state index is 13.1. The number of rotatable bonds is 6. The molecule has 2 aromatic carbocycles.